The van der Waals surface area contributed by atoms with Gasteiger partial charge in [-0.25, -0.2) is 4.79 Å². The second kappa shape index (κ2) is 4.63. The number of ether oxygens (including phenoxy) is 1. The highest BCUT2D eigenvalue weighted by Gasteiger charge is 2.43. The van der Waals surface area contributed by atoms with E-state index in [-0.39, 0.29) is 23.7 Å². The second-order valence-corrected chi connectivity index (χ2v) is 6.58. The lowest BCUT2D eigenvalue weighted by atomic mass is 9.81. The van der Waals surface area contributed by atoms with Crippen LogP contribution in [0.1, 0.15) is 33.6 Å². The van der Waals surface area contributed by atoms with Crippen molar-refractivity contribution in [2.24, 2.45) is 5.41 Å². The van der Waals surface area contributed by atoms with Gasteiger partial charge in [-0.3, -0.25) is 4.90 Å². The van der Waals surface area contributed by atoms with Crippen molar-refractivity contribution in [1.82, 2.24) is 4.90 Å². The minimum absolute atomic E-state index is 0.0240. The summed E-state index contributed by atoms with van der Waals surface area (Å²) in [5.41, 5.74) is 0.0510. The van der Waals surface area contributed by atoms with Crippen molar-refractivity contribution in [2.45, 2.75) is 51.8 Å². The Bertz CT molecular complexity index is 335. The van der Waals surface area contributed by atoms with Gasteiger partial charge in [-0.05, 0) is 11.8 Å². The summed E-state index contributed by atoms with van der Waals surface area (Å²) in [4.78, 5) is 14.0. The smallest absolute Gasteiger partial charge is 0.410 e. The van der Waals surface area contributed by atoms with Gasteiger partial charge in [0.1, 0.15) is 6.10 Å². The summed E-state index contributed by atoms with van der Waals surface area (Å²) in [6, 6.07) is 0.443. The van der Waals surface area contributed by atoms with Gasteiger partial charge in [0.25, 0.3) is 0 Å². The van der Waals surface area contributed by atoms with Crippen LogP contribution in [0.5, 0.6) is 0 Å². The van der Waals surface area contributed by atoms with E-state index in [1.165, 1.54) is 0 Å². The fourth-order valence-corrected chi connectivity index (χ4v) is 3.02. The molecule has 0 aliphatic carbocycles. The Hall–Kier alpha value is -0.510. The SMILES string of the molecule is CC(C)(C)[C@H]1C=CC[C@@H]2C[C@H](CBr)OC(=O)N21. The quantitative estimate of drug-likeness (QED) is 0.549. The summed E-state index contributed by atoms with van der Waals surface area (Å²) in [5.74, 6) is 0. The molecule has 2 rings (SSSR count). The fourth-order valence-electron chi connectivity index (χ4n) is 2.63. The minimum atomic E-state index is -0.157. The van der Waals surface area contributed by atoms with Crippen molar-refractivity contribution in [3.8, 4) is 0 Å². The van der Waals surface area contributed by atoms with E-state index in [9.17, 15) is 4.79 Å². The third-order valence-electron chi connectivity index (χ3n) is 3.49. The first-order valence-electron chi connectivity index (χ1n) is 6.15. The molecule has 3 atom stereocenters. The van der Waals surface area contributed by atoms with Crippen molar-refractivity contribution in [2.75, 3.05) is 5.33 Å². The van der Waals surface area contributed by atoms with E-state index in [2.05, 4.69) is 48.9 Å². The van der Waals surface area contributed by atoms with Crippen LogP contribution in [0.3, 0.4) is 0 Å². The van der Waals surface area contributed by atoms with Gasteiger partial charge in [-0.15, -0.1) is 0 Å². The molecule has 2 aliphatic heterocycles. The molecule has 0 radical (unpaired) electrons. The van der Waals surface area contributed by atoms with Crippen LogP contribution < -0.4 is 0 Å². The monoisotopic (exact) mass is 301 g/mol. The fraction of sp³-hybridized carbons (Fsp3) is 0.769. The summed E-state index contributed by atoms with van der Waals surface area (Å²) in [6.45, 7) is 6.48. The molecule has 0 spiro atoms. The van der Waals surface area contributed by atoms with Crippen LogP contribution in [-0.2, 0) is 4.74 Å². The molecule has 0 N–H and O–H groups in total. The molecule has 2 aliphatic rings. The first-order chi connectivity index (χ1) is 7.93. The van der Waals surface area contributed by atoms with E-state index in [0.717, 1.165) is 18.2 Å². The van der Waals surface area contributed by atoms with E-state index in [1.807, 2.05) is 4.90 Å². The van der Waals surface area contributed by atoms with Crippen molar-refractivity contribution in [3.63, 3.8) is 0 Å². The minimum Gasteiger partial charge on any atom is -0.445 e. The van der Waals surface area contributed by atoms with Gasteiger partial charge in [0, 0.05) is 17.8 Å². The third-order valence-corrected chi connectivity index (χ3v) is 4.21. The van der Waals surface area contributed by atoms with Gasteiger partial charge in [-0.1, -0.05) is 48.9 Å². The molecule has 0 bridgehead atoms. The Kier molecular flexibility index (Phi) is 3.53. The molecule has 0 aromatic heterocycles. The predicted octanol–water partition coefficient (Wildman–Crippen LogP) is 3.34. The summed E-state index contributed by atoms with van der Waals surface area (Å²) in [6.07, 6.45) is 6.09. The second-order valence-electron chi connectivity index (χ2n) is 5.93. The molecule has 0 saturated carbocycles. The molecule has 0 aromatic rings. The number of fused-ring (bicyclic) bond motifs is 1. The summed E-state index contributed by atoms with van der Waals surface area (Å²) in [7, 11) is 0. The van der Waals surface area contributed by atoms with E-state index < -0.39 is 0 Å². The maximum Gasteiger partial charge on any atom is 0.410 e. The molecule has 1 amide bonds. The summed E-state index contributed by atoms with van der Waals surface area (Å²) in [5, 5.41) is 0.729. The van der Waals surface area contributed by atoms with Crippen LogP contribution in [0.4, 0.5) is 4.79 Å². The van der Waals surface area contributed by atoms with Gasteiger partial charge in [0.15, 0.2) is 0 Å². The van der Waals surface area contributed by atoms with Crippen molar-refractivity contribution < 1.29 is 9.53 Å². The van der Waals surface area contributed by atoms with Gasteiger partial charge in [-0.2, -0.15) is 0 Å². The largest absolute Gasteiger partial charge is 0.445 e. The summed E-state index contributed by atoms with van der Waals surface area (Å²) < 4.78 is 5.44. The molecule has 0 unspecified atom stereocenters. The van der Waals surface area contributed by atoms with Gasteiger partial charge >= 0.3 is 6.09 Å². The van der Waals surface area contributed by atoms with Crippen LogP contribution in [0.2, 0.25) is 0 Å². The zero-order valence-corrected chi connectivity index (χ0v) is 12.2. The molecule has 2 heterocycles. The highest BCUT2D eigenvalue weighted by molar-refractivity contribution is 9.09. The van der Waals surface area contributed by atoms with Crippen LogP contribution in [0.25, 0.3) is 0 Å². The average Bonchev–Trinajstić information content (AvgIpc) is 2.26. The number of amides is 1. The Morgan fingerprint density at radius 1 is 1.53 bits per heavy atom. The maximum absolute atomic E-state index is 12.1. The Morgan fingerprint density at radius 2 is 2.24 bits per heavy atom. The normalized spacial score (nSPS) is 33.3. The highest BCUT2D eigenvalue weighted by atomic mass is 79.9. The van der Waals surface area contributed by atoms with Crippen molar-refractivity contribution >= 4 is 22.0 Å². The Balaban J connectivity index is 2.23. The Labute approximate surface area is 111 Å². The van der Waals surface area contributed by atoms with Gasteiger partial charge in [0.2, 0.25) is 0 Å². The lowest BCUT2D eigenvalue weighted by Crippen LogP contribution is -2.58. The molecule has 1 fully saturated rings. The number of carbonyl (C=O) groups is 1. The number of halogens is 1. The number of rotatable bonds is 1. The molecule has 4 heteroatoms. The van der Waals surface area contributed by atoms with E-state index in [1.54, 1.807) is 0 Å². The van der Waals surface area contributed by atoms with Crippen LogP contribution >= 0.6 is 15.9 Å². The zero-order valence-electron chi connectivity index (χ0n) is 10.6. The number of hydrogen-bond acceptors (Lipinski definition) is 2. The zero-order chi connectivity index (χ0) is 12.6. The molecule has 3 nitrogen and oxygen atoms in total. The lowest BCUT2D eigenvalue weighted by molar-refractivity contribution is -0.0211. The first kappa shape index (κ1) is 12.9. The van der Waals surface area contributed by atoms with Crippen LogP contribution in [0, 0.1) is 5.41 Å². The van der Waals surface area contributed by atoms with E-state index >= 15 is 0 Å². The third kappa shape index (κ3) is 2.51. The standard InChI is InChI=1S/C13H20BrNO2/c1-13(2,3)11-6-4-5-9-7-10(8-14)17-12(16)15(9)11/h4,6,9-11H,5,7-8H2,1-3H3/t9-,10-,11-/m1/s1. The lowest BCUT2D eigenvalue weighted by Gasteiger charge is -2.48. The van der Waals surface area contributed by atoms with Crippen molar-refractivity contribution in [1.29, 1.82) is 0 Å². The first-order valence-corrected chi connectivity index (χ1v) is 7.27. The van der Waals surface area contributed by atoms with Crippen LogP contribution in [0.15, 0.2) is 12.2 Å². The highest BCUT2D eigenvalue weighted by Crippen LogP contribution is 2.35. The molecule has 0 aromatic carbocycles. The predicted molar refractivity (Wildman–Crippen MR) is 71.3 cm³/mol. The number of alkyl halides is 1. The topological polar surface area (TPSA) is 29.5 Å². The molecule has 96 valence electrons. The van der Waals surface area contributed by atoms with Gasteiger partial charge in [0.05, 0.1) is 6.04 Å². The van der Waals surface area contributed by atoms with Crippen LogP contribution in [-0.4, -0.2) is 34.5 Å². The number of hydrogen-bond donors (Lipinski definition) is 0. The maximum atomic E-state index is 12.1. The molecule has 17 heavy (non-hydrogen) atoms. The Morgan fingerprint density at radius 3 is 2.82 bits per heavy atom. The van der Waals surface area contributed by atoms with Crippen molar-refractivity contribution in [3.05, 3.63) is 12.2 Å². The number of cyclic esters (lactones) is 1. The molecular weight excluding hydrogens is 282 g/mol. The number of carbonyl (C=O) groups excluding carboxylic acids is 1. The molecular formula is C13H20BrNO2. The van der Waals surface area contributed by atoms with E-state index in [0.29, 0.717) is 6.04 Å². The average molecular weight is 302 g/mol. The van der Waals surface area contributed by atoms with Gasteiger partial charge < -0.3 is 4.74 Å². The number of nitrogens with zero attached hydrogens (tertiary/aromatic N) is 1. The summed E-state index contributed by atoms with van der Waals surface area (Å²) >= 11 is 3.40. The van der Waals surface area contributed by atoms with E-state index in [4.69, 9.17) is 4.74 Å². The molecule has 1 saturated heterocycles.